The molecule has 0 heterocycles. The van der Waals surface area contributed by atoms with Crippen LogP contribution in [0.1, 0.15) is 27.7 Å². The molecule has 0 fully saturated rings. The zero-order chi connectivity index (χ0) is 10.6. The van der Waals surface area contributed by atoms with Crippen LogP contribution in [0.5, 0.6) is 0 Å². The number of thiocarbonyl (C=S) groups is 1. The van der Waals surface area contributed by atoms with E-state index in [9.17, 15) is 4.79 Å². The molecule has 1 atom stereocenters. The van der Waals surface area contributed by atoms with Crippen LogP contribution in [-0.2, 0) is 4.79 Å². The van der Waals surface area contributed by atoms with Crippen molar-refractivity contribution in [3.63, 3.8) is 0 Å². The van der Waals surface area contributed by atoms with Crippen LogP contribution in [0.25, 0.3) is 0 Å². The summed E-state index contributed by atoms with van der Waals surface area (Å²) in [6, 6.07) is -0.190. The zero-order valence-electron chi connectivity index (χ0n) is 8.63. The fraction of sp³-hybridized carbons (Fsp3) is 0.778. The molecular formula is C9H18N2OS. The summed E-state index contributed by atoms with van der Waals surface area (Å²) in [5.74, 6) is 0.197. The van der Waals surface area contributed by atoms with Gasteiger partial charge in [-0.25, -0.2) is 0 Å². The molecule has 0 aliphatic carbocycles. The Morgan fingerprint density at radius 3 is 2.00 bits per heavy atom. The van der Waals surface area contributed by atoms with Gasteiger partial charge >= 0.3 is 0 Å². The number of carbonyl (C=O) groups is 1. The summed E-state index contributed by atoms with van der Waals surface area (Å²) in [4.78, 5) is 11.7. The van der Waals surface area contributed by atoms with Crippen molar-refractivity contribution in [1.29, 1.82) is 0 Å². The zero-order valence-corrected chi connectivity index (χ0v) is 9.44. The Morgan fingerprint density at radius 2 is 1.77 bits per heavy atom. The van der Waals surface area contributed by atoms with Gasteiger partial charge in [0.25, 0.3) is 0 Å². The monoisotopic (exact) mass is 202 g/mol. The van der Waals surface area contributed by atoms with Gasteiger partial charge in [-0.05, 0) is 5.92 Å². The minimum atomic E-state index is -0.190. The lowest BCUT2D eigenvalue weighted by molar-refractivity contribution is -0.124. The highest BCUT2D eigenvalue weighted by Gasteiger charge is 2.19. The molecule has 0 aromatic carbocycles. The topological polar surface area (TPSA) is 55.1 Å². The maximum atomic E-state index is 11.3. The van der Waals surface area contributed by atoms with E-state index in [1.54, 1.807) is 0 Å². The van der Waals surface area contributed by atoms with Gasteiger partial charge in [0, 0.05) is 5.92 Å². The first kappa shape index (κ1) is 12.4. The molecule has 0 rings (SSSR count). The summed E-state index contributed by atoms with van der Waals surface area (Å²) in [6.45, 7) is 7.63. The van der Waals surface area contributed by atoms with Crippen molar-refractivity contribution >= 4 is 23.1 Å². The quantitative estimate of drug-likeness (QED) is 0.670. The average molecular weight is 202 g/mol. The number of hydrogen-bond donors (Lipinski definition) is 2. The molecule has 3 nitrogen and oxygen atoms in total. The van der Waals surface area contributed by atoms with Crippen LogP contribution in [0.4, 0.5) is 0 Å². The van der Waals surface area contributed by atoms with Crippen LogP contribution in [0.15, 0.2) is 0 Å². The van der Waals surface area contributed by atoms with Gasteiger partial charge in [0.05, 0.1) is 11.0 Å². The van der Waals surface area contributed by atoms with E-state index >= 15 is 0 Å². The first-order chi connectivity index (χ1) is 5.86. The van der Waals surface area contributed by atoms with Crippen LogP contribution in [0.2, 0.25) is 0 Å². The van der Waals surface area contributed by atoms with E-state index in [1.807, 2.05) is 27.7 Å². The van der Waals surface area contributed by atoms with E-state index < -0.39 is 0 Å². The van der Waals surface area contributed by atoms with Gasteiger partial charge in [-0.3, -0.25) is 4.79 Å². The van der Waals surface area contributed by atoms with Crippen LogP contribution in [0.3, 0.4) is 0 Å². The van der Waals surface area contributed by atoms with Gasteiger partial charge < -0.3 is 11.1 Å². The first-order valence-corrected chi connectivity index (χ1v) is 4.86. The summed E-state index contributed by atoms with van der Waals surface area (Å²) in [5, 5.41) is 2.81. The molecule has 0 spiro atoms. The fourth-order valence-corrected chi connectivity index (χ4v) is 1.22. The van der Waals surface area contributed by atoms with Gasteiger partial charge in [-0.2, -0.15) is 0 Å². The molecule has 0 aliphatic heterocycles. The molecule has 76 valence electrons. The Balaban J connectivity index is 4.27. The third-order valence-electron chi connectivity index (χ3n) is 1.80. The Bertz CT molecular complexity index is 202. The summed E-state index contributed by atoms with van der Waals surface area (Å²) >= 11 is 4.86. The summed E-state index contributed by atoms with van der Waals surface area (Å²) in [6.07, 6.45) is 0. The van der Waals surface area contributed by atoms with Gasteiger partial charge in [0.1, 0.15) is 0 Å². The molecule has 4 heteroatoms. The highest BCUT2D eigenvalue weighted by Crippen LogP contribution is 2.03. The molecule has 0 saturated heterocycles. The largest absolute Gasteiger partial charge is 0.392 e. The smallest absolute Gasteiger partial charge is 0.223 e. The van der Waals surface area contributed by atoms with Crippen molar-refractivity contribution in [2.45, 2.75) is 33.7 Å². The Kier molecular flexibility index (Phi) is 4.91. The third kappa shape index (κ3) is 4.22. The maximum Gasteiger partial charge on any atom is 0.223 e. The molecule has 0 saturated carbocycles. The molecule has 0 aromatic heterocycles. The second-order valence-electron chi connectivity index (χ2n) is 3.79. The Hall–Kier alpha value is -0.640. The summed E-state index contributed by atoms with van der Waals surface area (Å²) in [7, 11) is 0. The number of hydrogen-bond acceptors (Lipinski definition) is 2. The molecule has 0 aromatic rings. The SMILES string of the molecule is CC(C)C(=O)NC(C(N)=S)C(C)C. The van der Waals surface area contributed by atoms with Gasteiger partial charge in [0.2, 0.25) is 5.91 Å². The van der Waals surface area contributed by atoms with Crippen molar-refractivity contribution in [2.75, 3.05) is 0 Å². The fourth-order valence-electron chi connectivity index (χ4n) is 0.886. The van der Waals surface area contributed by atoms with Crippen molar-refractivity contribution < 1.29 is 4.79 Å². The molecule has 0 bridgehead atoms. The van der Waals surface area contributed by atoms with E-state index in [1.165, 1.54) is 0 Å². The first-order valence-electron chi connectivity index (χ1n) is 4.46. The van der Waals surface area contributed by atoms with Crippen LogP contribution < -0.4 is 11.1 Å². The molecule has 0 radical (unpaired) electrons. The molecule has 1 unspecified atom stereocenters. The molecule has 13 heavy (non-hydrogen) atoms. The Morgan fingerprint density at radius 1 is 1.31 bits per heavy atom. The number of nitrogens with one attached hydrogen (secondary N) is 1. The van der Waals surface area contributed by atoms with Crippen molar-refractivity contribution in [1.82, 2.24) is 5.32 Å². The molecule has 3 N–H and O–H groups in total. The minimum Gasteiger partial charge on any atom is -0.392 e. The van der Waals surface area contributed by atoms with Crippen LogP contribution in [-0.4, -0.2) is 16.9 Å². The predicted octanol–water partition coefficient (Wildman–Crippen LogP) is 1.07. The summed E-state index contributed by atoms with van der Waals surface area (Å²) < 4.78 is 0. The minimum absolute atomic E-state index is 0.00787. The average Bonchev–Trinajstić information content (AvgIpc) is 1.97. The highest BCUT2D eigenvalue weighted by molar-refractivity contribution is 7.80. The second-order valence-corrected chi connectivity index (χ2v) is 4.26. The van der Waals surface area contributed by atoms with E-state index in [4.69, 9.17) is 18.0 Å². The number of amides is 1. The number of rotatable bonds is 4. The van der Waals surface area contributed by atoms with Gasteiger partial charge in [-0.1, -0.05) is 39.9 Å². The predicted molar refractivity (Wildman–Crippen MR) is 58.4 cm³/mol. The van der Waals surface area contributed by atoms with E-state index in [2.05, 4.69) is 5.32 Å². The lowest BCUT2D eigenvalue weighted by atomic mass is 10.0. The summed E-state index contributed by atoms with van der Waals surface area (Å²) in [5.41, 5.74) is 5.50. The normalized spacial score (nSPS) is 13.1. The molecular weight excluding hydrogens is 184 g/mol. The maximum absolute atomic E-state index is 11.3. The lowest BCUT2D eigenvalue weighted by Crippen LogP contribution is -2.48. The standard InChI is InChI=1S/C9H18N2OS/c1-5(2)7(8(10)13)11-9(12)6(3)4/h5-7H,1-4H3,(H2,10,13)(H,11,12). The molecule has 1 amide bonds. The van der Waals surface area contributed by atoms with Crippen LogP contribution >= 0.6 is 12.2 Å². The van der Waals surface area contributed by atoms with Crippen molar-refractivity contribution in [3.05, 3.63) is 0 Å². The highest BCUT2D eigenvalue weighted by atomic mass is 32.1. The second kappa shape index (κ2) is 5.17. The lowest BCUT2D eigenvalue weighted by Gasteiger charge is -2.21. The van der Waals surface area contributed by atoms with E-state index in [0.717, 1.165) is 0 Å². The third-order valence-corrected chi connectivity index (χ3v) is 2.05. The number of nitrogens with two attached hydrogens (primary N) is 1. The Labute approximate surface area is 85.1 Å². The number of carbonyl (C=O) groups excluding carboxylic acids is 1. The van der Waals surface area contributed by atoms with Crippen LogP contribution in [0, 0.1) is 11.8 Å². The van der Waals surface area contributed by atoms with Crippen molar-refractivity contribution in [3.8, 4) is 0 Å². The van der Waals surface area contributed by atoms with Gasteiger partial charge in [0.15, 0.2) is 0 Å². The van der Waals surface area contributed by atoms with E-state index in [-0.39, 0.29) is 23.8 Å². The molecule has 0 aliphatic rings. The van der Waals surface area contributed by atoms with Gasteiger partial charge in [-0.15, -0.1) is 0 Å². The van der Waals surface area contributed by atoms with E-state index in [0.29, 0.717) is 4.99 Å². The van der Waals surface area contributed by atoms with Crippen molar-refractivity contribution in [2.24, 2.45) is 17.6 Å².